The highest BCUT2D eigenvalue weighted by Crippen LogP contribution is 2.32. The van der Waals surface area contributed by atoms with Crippen molar-refractivity contribution < 1.29 is 27.5 Å². The Morgan fingerprint density at radius 3 is 2.00 bits per heavy atom. The highest BCUT2D eigenvalue weighted by molar-refractivity contribution is 7.89. The van der Waals surface area contributed by atoms with Gasteiger partial charge in [0.05, 0.1) is 25.2 Å². The lowest BCUT2D eigenvalue weighted by Gasteiger charge is -2.30. The van der Waals surface area contributed by atoms with Gasteiger partial charge < -0.3 is 9.47 Å². The van der Waals surface area contributed by atoms with E-state index >= 15 is 0 Å². The van der Waals surface area contributed by atoms with Crippen LogP contribution < -0.4 is 0 Å². The molecule has 7 nitrogen and oxygen atoms in total. The van der Waals surface area contributed by atoms with Gasteiger partial charge in [0.1, 0.15) is 11.7 Å². The molecule has 0 bridgehead atoms. The van der Waals surface area contributed by atoms with E-state index in [0.29, 0.717) is 11.1 Å². The van der Waals surface area contributed by atoms with E-state index in [1.807, 2.05) is 13.0 Å². The molecule has 1 unspecified atom stereocenters. The van der Waals surface area contributed by atoms with Gasteiger partial charge in [-0.15, -0.1) is 0 Å². The van der Waals surface area contributed by atoms with Crippen molar-refractivity contribution in [2.75, 3.05) is 14.2 Å². The molecule has 36 heavy (non-hydrogen) atoms. The van der Waals surface area contributed by atoms with Crippen LogP contribution in [0, 0.1) is 18.8 Å². The summed E-state index contributed by atoms with van der Waals surface area (Å²) in [5, 5.41) is 0. The smallest absolute Gasteiger partial charge is 0.355 e. The van der Waals surface area contributed by atoms with Gasteiger partial charge in [-0.3, -0.25) is 0 Å². The van der Waals surface area contributed by atoms with Crippen molar-refractivity contribution >= 4 is 22.0 Å². The second kappa shape index (κ2) is 11.9. The lowest BCUT2D eigenvalue weighted by molar-refractivity contribution is -0.139. The van der Waals surface area contributed by atoms with E-state index in [0.717, 1.165) is 30.2 Å². The van der Waals surface area contributed by atoms with Crippen LogP contribution in [0.4, 0.5) is 0 Å². The molecule has 0 aliphatic carbocycles. The lowest BCUT2D eigenvalue weighted by atomic mass is 10.1. The van der Waals surface area contributed by atoms with Crippen LogP contribution in [0.1, 0.15) is 22.7 Å². The minimum atomic E-state index is -4.42. The molecule has 1 atom stereocenters. The van der Waals surface area contributed by atoms with Gasteiger partial charge in [0.15, 0.2) is 0 Å². The summed E-state index contributed by atoms with van der Waals surface area (Å²) in [4.78, 5) is 25.0. The van der Waals surface area contributed by atoms with E-state index in [4.69, 9.17) is 9.47 Å². The quantitative estimate of drug-likeness (QED) is 0.275. The van der Waals surface area contributed by atoms with Crippen molar-refractivity contribution in [3.63, 3.8) is 0 Å². The summed E-state index contributed by atoms with van der Waals surface area (Å²) in [6, 6.07) is 22.6. The van der Waals surface area contributed by atoms with Crippen LogP contribution in [0.2, 0.25) is 0 Å². The fourth-order valence-electron chi connectivity index (χ4n) is 3.30. The van der Waals surface area contributed by atoms with Gasteiger partial charge in [-0.25, -0.2) is 22.3 Å². The molecule has 0 spiro atoms. The maximum absolute atomic E-state index is 14.1. The number of benzene rings is 3. The second-order valence-electron chi connectivity index (χ2n) is 7.61. The largest absolute Gasteiger partial charge is 0.466 e. The number of carbonyl (C=O) groups is 2. The first-order chi connectivity index (χ1) is 17.3. The summed E-state index contributed by atoms with van der Waals surface area (Å²) >= 11 is 0. The predicted octanol–water partition coefficient (Wildman–Crippen LogP) is 4.01. The SMILES string of the molecule is COC(=O)/C=C(\C(=O)OC)N(C(C#Cc1ccccc1)c1ccccc1)S(=O)(=O)c1ccc(C)cc1. The molecule has 0 fully saturated rings. The maximum atomic E-state index is 14.1. The van der Waals surface area contributed by atoms with Crippen molar-refractivity contribution in [1.29, 1.82) is 0 Å². The minimum absolute atomic E-state index is 0.0878. The van der Waals surface area contributed by atoms with Crippen molar-refractivity contribution in [3.05, 3.63) is 113 Å². The molecule has 0 amide bonds. The normalized spacial score (nSPS) is 12.0. The van der Waals surface area contributed by atoms with E-state index in [1.54, 1.807) is 66.7 Å². The Bertz CT molecular complexity index is 1400. The van der Waals surface area contributed by atoms with Crippen molar-refractivity contribution in [3.8, 4) is 11.8 Å². The third-order valence-electron chi connectivity index (χ3n) is 5.14. The fourth-order valence-corrected chi connectivity index (χ4v) is 4.85. The summed E-state index contributed by atoms with van der Waals surface area (Å²) < 4.78 is 38.5. The molecule has 0 N–H and O–H groups in total. The molecule has 3 aromatic rings. The summed E-state index contributed by atoms with van der Waals surface area (Å²) in [5.41, 5.74) is 1.43. The van der Waals surface area contributed by atoms with Gasteiger partial charge in [-0.1, -0.05) is 78.1 Å². The van der Waals surface area contributed by atoms with Gasteiger partial charge in [0.25, 0.3) is 10.0 Å². The second-order valence-corrected chi connectivity index (χ2v) is 9.42. The molecule has 3 aromatic carbocycles. The van der Waals surface area contributed by atoms with Crippen LogP contribution in [-0.2, 0) is 29.1 Å². The van der Waals surface area contributed by atoms with Gasteiger partial charge >= 0.3 is 11.9 Å². The number of ether oxygens (including phenoxy) is 2. The van der Waals surface area contributed by atoms with E-state index in [9.17, 15) is 18.0 Å². The first kappa shape index (κ1) is 26.3. The molecule has 8 heteroatoms. The number of esters is 2. The number of rotatable bonds is 7. The number of carbonyl (C=O) groups excluding carboxylic acids is 2. The van der Waals surface area contributed by atoms with Crippen molar-refractivity contribution in [1.82, 2.24) is 4.31 Å². The Kier molecular flexibility index (Phi) is 8.66. The summed E-state index contributed by atoms with van der Waals surface area (Å²) in [5.74, 6) is 4.00. The van der Waals surface area contributed by atoms with Gasteiger partial charge in [0, 0.05) is 5.56 Å². The number of hydrogen-bond acceptors (Lipinski definition) is 6. The standard InChI is InChI=1S/C28H25NO6S/c1-21-14-17-24(18-15-21)36(32,33)29(26(28(31)35-3)20-27(30)34-2)25(23-12-8-5-9-13-23)19-16-22-10-6-4-7-11-22/h4-15,17-18,20,25H,1-3H3/b26-20+. The topological polar surface area (TPSA) is 90.0 Å². The van der Waals surface area contributed by atoms with Crippen LogP contribution in [-0.4, -0.2) is 38.9 Å². The van der Waals surface area contributed by atoms with E-state index in [-0.39, 0.29) is 4.90 Å². The highest BCUT2D eigenvalue weighted by Gasteiger charge is 2.37. The van der Waals surface area contributed by atoms with Crippen LogP contribution >= 0.6 is 0 Å². The Labute approximate surface area is 211 Å². The van der Waals surface area contributed by atoms with E-state index in [2.05, 4.69) is 11.8 Å². The average molecular weight is 504 g/mol. The predicted molar refractivity (Wildman–Crippen MR) is 135 cm³/mol. The molecule has 0 heterocycles. The van der Waals surface area contributed by atoms with E-state index in [1.165, 1.54) is 12.1 Å². The first-order valence-corrected chi connectivity index (χ1v) is 12.3. The molecular weight excluding hydrogens is 478 g/mol. The lowest BCUT2D eigenvalue weighted by Crippen LogP contribution is -2.37. The fraction of sp³-hybridized carbons (Fsp3) is 0.143. The van der Waals surface area contributed by atoms with Crippen LogP contribution in [0.5, 0.6) is 0 Å². The minimum Gasteiger partial charge on any atom is -0.466 e. The Balaban J connectivity index is 2.34. The Hall–Kier alpha value is -4.35. The third kappa shape index (κ3) is 6.20. The zero-order chi connectivity index (χ0) is 26.1. The summed E-state index contributed by atoms with van der Waals surface area (Å²) in [6.45, 7) is 1.82. The molecule has 0 aliphatic heterocycles. The Morgan fingerprint density at radius 1 is 0.861 bits per heavy atom. The number of hydrogen-bond donors (Lipinski definition) is 0. The Morgan fingerprint density at radius 2 is 1.44 bits per heavy atom. The molecule has 0 radical (unpaired) electrons. The number of nitrogens with zero attached hydrogens (tertiary/aromatic N) is 1. The third-order valence-corrected chi connectivity index (χ3v) is 6.94. The molecule has 0 saturated carbocycles. The number of sulfonamides is 1. The van der Waals surface area contributed by atoms with Gasteiger partial charge in [-0.05, 0) is 36.8 Å². The number of aryl methyl sites for hydroxylation is 1. The number of methoxy groups -OCH3 is 2. The van der Waals surface area contributed by atoms with Gasteiger partial charge in [-0.2, -0.15) is 0 Å². The monoisotopic (exact) mass is 503 g/mol. The van der Waals surface area contributed by atoms with Crippen LogP contribution in [0.15, 0.2) is 102 Å². The van der Waals surface area contributed by atoms with Crippen LogP contribution in [0.25, 0.3) is 0 Å². The van der Waals surface area contributed by atoms with Crippen molar-refractivity contribution in [2.45, 2.75) is 17.9 Å². The van der Waals surface area contributed by atoms with Crippen molar-refractivity contribution in [2.24, 2.45) is 0 Å². The maximum Gasteiger partial charge on any atom is 0.355 e. The van der Waals surface area contributed by atoms with Crippen LogP contribution in [0.3, 0.4) is 0 Å². The zero-order valence-electron chi connectivity index (χ0n) is 20.0. The zero-order valence-corrected chi connectivity index (χ0v) is 20.9. The molecule has 0 aliphatic rings. The molecule has 184 valence electrons. The van der Waals surface area contributed by atoms with E-state index < -0.39 is 33.7 Å². The highest BCUT2D eigenvalue weighted by atomic mass is 32.2. The van der Waals surface area contributed by atoms with Gasteiger partial charge in [0.2, 0.25) is 0 Å². The molecule has 3 rings (SSSR count). The summed E-state index contributed by atoms with van der Waals surface area (Å²) in [7, 11) is -2.21. The first-order valence-electron chi connectivity index (χ1n) is 10.9. The molecular formula is C28H25NO6S. The molecule has 0 aromatic heterocycles. The summed E-state index contributed by atoms with van der Waals surface area (Å²) in [6.07, 6.45) is 0.789. The average Bonchev–Trinajstić information content (AvgIpc) is 2.90. The molecule has 0 saturated heterocycles.